The summed E-state index contributed by atoms with van der Waals surface area (Å²) in [4.78, 5) is 36.5. The Balaban J connectivity index is 2.74. The Morgan fingerprint density at radius 1 is 0.963 bits per heavy atom. The predicted molar refractivity (Wildman–Crippen MR) is 105 cm³/mol. The van der Waals surface area contributed by atoms with Crippen molar-refractivity contribution in [1.82, 2.24) is 10.6 Å². The summed E-state index contributed by atoms with van der Waals surface area (Å²) in [5.74, 6) is -1.52. The molecule has 0 aliphatic carbocycles. The van der Waals surface area contributed by atoms with Gasteiger partial charge in [-0.25, -0.2) is 4.79 Å². The van der Waals surface area contributed by atoms with E-state index in [1.165, 1.54) is 0 Å². The minimum absolute atomic E-state index is 0.00413. The summed E-state index contributed by atoms with van der Waals surface area (Å²) in [5, 5.41) is 5.36. The largest absolute Gasteiger partial charge is 0.454 e. The van der Waals surface area contributed by atoms with Crippen LogP contribution in [0.5, 0.6) is 0 Å². The number of benzene rings is 1. The topological polar surface area (TPSA) is 84.5 Å². The molecule has 1 aromatic rings. The predicted octanol–water partition coefficient (Wildman–Crippen LogP) is 2.81. The summed E-state index contributed by atoms with van der Waals surface area (Å²) in [7, 11) is 0. The van der Waals surface area contributed by atoms with E-state index < -0.39 is 12.0 Å². The third kappa shape index (κ3) is 7.41. The number of hydrogen-bond donors (Lipinski definition) is 2. The molecular formula is C21H32N2O4. The first-order chi connectivity index (χ1) is 12.4. The average molecular weight is 376 g/mol. The molecular weight excluding hydrogens is 344 g/mol. The van der Waals surface area contributed by atoms with Crippen molar-refractivity contribution >= 4 is 17.8 Å². The molecule has 0 radical (unpaired) electrons. The minimum Gasteiger partial charge on any atom is -0.454 e. The lowest BCUT2D eigenvalue weighted by Gasteiger charge is -2.22. The Morgan fingerprint density at radius 2 is 1.52 bits per heavy atom. The van der Waals surface area contributed by atoms with Gasteiger partial charge in [-0.15, -0.1) is 0 Å². The molecule has 2 N–H and O–H groups in total. The number of hydrogen-bond acceptors (Lipinski definition) is 4. The van der Waals surface area contributed by atoms with Gasteiger partial charge in [0.25, 0.3) is 11.8 Å². The first-order valence-corrected chi connectivity index (χ1v) is 9.29. The van der Waals surface area contributed by atoms with Gasteiger partial charge in [0.05, 0.1) is 0 Å². The molecule has 2 amide bonds. The maximum Gasteiger partial charge on any atom is 0.329 e. The molecule has 1 aromatic carbocycles. The molecule has 0 aromatic heterocycles. The number of ether oxygens (including phenoxy) is 1. The summed E-state index contributed by atoms with van der Waals surface area (Å²) < 4.78 is 5.06. The first-order valence-electron chi connectivity index (χ1n) is 9.29. The Morgan fingerprint density at radius 3 is 1.96 bits per heavy atom. The summed E-state index contributed by atoms with van der Waals surface area (Å²) in [6.07, 6.45) is 0. The van der Waals surface area contributed by atoms with Gasteiger partial charge in [-0.1, -0.05) is 46.8 Å². The second-order valence-electron chi connectivity index (χ2n) is 8.35. The molecule has 1 atom stereocenters. The Labute approximate surface area is 162 Å². The van der Waals surface area contributed by atoms with Crippen LogP contribution in [0.2, 0.25) is 0 Å². The van der Waals surface area contributed by atoms with Crippen LogP contribution in [0.3, 0.4) is 0 Å². The quantitative estimate of drug-likeness (QED) is 0.717. The smallest absolute Gasteiger partial charge is 0.329 e. The van der Waals surface area contributed by atoms with Crippen LogP contribution in [0, 0.1) is 5.92 Å². The van der Waals surface area contributed by atoms with E-state index in [1.54, 1.807) is 12.1 Å². The zero-order valence-corrected chi connectivity index (χ0v) is 17.4. The fraction of sp³-hybridized carbons (Fsp3) is 0.571. The summed E-state index contributed by atoms with van der Waals surface area (Å²) in [6, 6.07) is 6.45. The van der Waals surface area contributed by atoms with E-state index in [2.05, 4.69) is 31.4 Å². The summed E-state index contributed by atoms with van der Waals surface area (Å²) in [5.41, 5.74) is 1.59. The minimum atomic E-state index is -0.827. The summed E-state index contributed by atoms with van der Waals surface area (Å²) in [6.45, 7) is 13.2. The number of amides is 2. The van der Waals surface area contributed by atoms with Crippen molar-refractivity contribution in [3.63, 3.8) is 0 Å². The van der Waals surface area contributed by atoms with Crippen molar-refractivity contribution < 1.29 is 19.1 Å². The molecule has 0 spiro atoms. The van der Waals surface area contributed by atoms with Crippen molar-refractivity contribution in [1.29, 1.82) is 0 Å². The Hall–Kier alpha value is -2.37. The number of carbonyl (C=O) groups is 3. The normalized spacial score (nSPS) is 12.6. The van der Waals surface area contributed by atoms with Crippen molar-refractivity contribution in [3.8, 4) is 0 Å². The van der Waals surface area contributed by atoms with Gasteiger partial charge in [-0.2, -0.15) is 0 Å². The molecule has 0 saturated carbocycles. The van der Waals surface area contributed by atoms with E-state index in [0.29, 0.717) is 5.56 Å². The van der Waals surface area contributed by atoms with Crippen molar-refractivity contribution in [2.45, 2.75) is 66.0 Å². The van der Waals surface area contributed by atoms with E-state index in [9.17, 15) is 14.4 Å². The number of rotatable bonds is 7. The average Bonchev–Trinajstić information content (AvgIpc) is 2.55. The van der Waals surface area contributed by atoms with Gasteiger partial charge >= 0.3 is 5.97 Å². The van der Waals surface area contributed by atoms with Crippen molar-refractivity contribution in [2.75, 3.05) is 6.61 Å². The highest BCUT2D eigenvalue weighted by molar-refractivity contribution is 5.97. The number of esters is 1. The molecule has 1 rings (SSSR count). The van der Waals surface area contributed by atoms with Crippen LogP contribution in [0.1, 0.15) is 64.4 Å². The SMILES string of the molecule is CC(C)NC(=O)COC(=O)[C@@H](NC(=O)c1ccc(C(C)(C)C)cc1)C(C)C. The van der Waals surface area contributed by atoms with Gasteiger partial charge < -0.3 is 15.4 Å². The molecule has 150 valence electrons. The lowest BCUT2D eigenvalue weighted by molar-refractivity contribution is -0.151. The third-order valence-electron chi connectivity index (χ3n) is 4.02. The standard InChI is InChI=1S/C21H32N2O4/c1-13(2)18(20(26)27-12-17(24)22-14(3)4)23-19(25)15-8-10-16(11-9-15)21(5,6)7/h8-11,13-14,18H,12H2,1-7H3,(H,22,24)(H,23,25)/t18-/m0/s1. The van der Waals surface area contributed by atoms with Gasteiger partial charge in [0.1, 0.15) is 6.04 Å². The first kappa shape index (κ1) is 22.7. The molecule has 0 heterocycles. The van der Waals surface area contributed by atoms with Gasteiger partial charge in [0.2, 0.25) is 0 Å². The zero-order valence-electron chi connectivity index (χ0n) is 17.4. The molecule has 0 unspecified atom stereocenters. The van der Waals surface area contributed by atoms with Gasteiger partial charge in [-0.3, -0.25) is 9.59 Å². The maximum absolute atomic E-state index is 12.5. The van der Waals surface area contributed by atoms with Gasteiger partial charge in [-0.05, 0) is 42.9 Å². The van der Waals surface area contributed by atoms with Crippen LogP contribution >= 0.6 is 0 Å². The number of carbonyl (C=O) groups excluding carboxylic acids is 3. The van der Waals surface area contributed by atoms with Crippen LogP contribution in [0.15, 0.2) is 24.3 Å². The van der Waals surface area contributed by atoms with Crippen LogP contribution in [0.4, 0.5) is 0 Å². The molecule has 0 aliphatic rings. The highest BCUT2D eigenvalue weighted by atomic mass is 16.5. The second kappa shape index (κ2) is 9.53. The van der Waals surface area contributed by atoms with E-state index in [-0.39, 0.29) is 35.8 Å². The van der Waals surface area contributed by atoms with Crippen LogP contribution in [0.25, 0.3) is 0 Å². The van der Waals surface area contributed by atoms with Crippen LogP contribution < -0.4 is 10.6 Å². The summed E-state index contributed by atoms with van der Waals surface area (Å²) >= 11 is 0. The second-order valence-corrected chi connectivity index (χ2v) is 8.35. The highest BCUT2D eigenvalue weighted by Crippen LogP contribution is 2.22. The maximum atomic E-state index is 12.5. The molecule has 27 heavy (non-hydrogen) atoms. The Kier molecular flexibility index (Phi) is 8.00. The fourth-order valence-corrected chi connectivity index (χ4v) is 2.43. The van der Waals surface area contributed by atoms with Crippen LogP contribution in [-0.2, 0) is 19.7 Å². The van der Waals surface area contributed by atoms with Crippen LogP contribution in [-0.4, -0.2) is 36.5 Å². The van der Waals surface area contributed by atoms with E-state index in [0.717, 1.165) is 5.56 Å². The van der Waals surface area contributed by atoms with Crippen molar-refractivity contribution in [2.24, 2.45) is 5.92 Å². The van der Waals surface area contributed by atoms with Gasteiger partial charge in [0.15, 0.2) is 6.61 Å². The zero-order chi connectivity index (χ0) is 20.8. The van der Waals surface area contributed by atoms with E-state index in [1.807, 2.05) is 39.8 Å². The van der Waals surface area contributed by atoms with E-state index >= 15 is 0 Å². The molecule has 0 saturated heterocycles. The number of nitrogens with one attached hydrogen (secondary N) is 2. The third-order valence-corrected chi connectivity index (χ3v) is 4.02. The lowest BCUT2D eigenvalue weighted by atomic mass is 9.86. The van der Waals surface area contributed by atoms with E-state index in [4.69, 9.17) is 4.74 Å². The Bertz CT molecular complexity index is 658. The van der Waals surface area contributed by atoms with Crippen molar-refractivity contribution in [3.05, 3.63) is 35.4 Å². The molecule has 6 heteroatoms. The molecule has 6 nitrogen and oxygen atoms in total. The molecule has 0 bridgehead atoms. The fourth-order valence-electron chi connectivity index (χ4n) is 2.43. The van der Waals surface area contributed by atoms with Gasteiger partial charge in [0, 0.05) is 11.6 Å². The monoisotopic (exact) mass is 376 g/mol. The molecule has 0 aliphatic heterocycles. The molecule has 0 fully saturated rings. The lowest BCUT2D eigenvalue weighted by Crippen LogP contribution is -2.46. The highest BCUT2D eigenvalue weighted by Gasteiger charge is 2.27.